The molecule has 3 N–H and O–H groups in total. The fourth-order valence-electron chi connectivity index (χ4n) is 9.65. The third kappa shape index (κ3) is 7.73. The Morgan fingerprint density at radius 3 is 2.00 bits per heavy atom. The largest absolute Gasteiger partial charge is 0.431 e. The highest BCUT2D eigenvalue weighted by Crippen LogP contribution is 2.55. The lowest BCUT2D eigenvalue weighted by molar-refractivity contribution is -0.245. The van der Waals surface area contributed by atoms with Crippen molar-refractivity contribution in [2.45, 2.75) is 87.4 Å². The summed E-state index contributed by atoms with van der Waals surface area (Å²) in [6.45, 7) is 0.448. The maximum Gasteiger partial charge on any atom is 0.315 e. The van der Waals surface area contributed by atoms with Gasteiger partial charge in [0.1, 0.15) is 5.69 Å². The topological polar surface area (TPSA) is 106 Å². The smallest absolute Gasteiger partial charge is 0.315 e. The van der Waals surface area contributed by atoms with Crippen molar-refractivity contribution in [1.82, 2.24) is 15.6 Å². The van der Waals surface area contributed by atoms with Crippen molar-refractivity contribution in [2.75, 3.05) is 5.75 Å². The molecule has 54 heavy (non-hydrogen) atoms. The van der Waals surface area contributed by atoms with Crippen molar-refractivity contribution in [3.8, 4) is 22.6 Å². The van der Waals surface area contributed by atoms with Crippen molar-refractivity contribution in [1.29, 1.82) is 0 Å². The average molecular weight is 742 g/mol. The number of nitrogens with one attached hydrogen (secondary N) is 2. The number of aromatic nitrogens is 1. The highest BCUT2D eigenvalue weighted by molar-refractivity contribution is 7.99. The normalized spacial score (nSPS) is 27.1. The van der Waals surface area contributed by atoms with Crippen molar-refractivity contribution < 1.29 is 23.8 Å². The molecule has 4 aromatic carbocycles. The van der Waals surface area contributed by atoms with Crippen LogP contribution in [0.1, 0.15) is 79.6 Å². The number of oxazole rings is 1. The van der Waals surface area contributed by atoms with Crippen molar-refractivity contribution in [2.24, 2.45) is 17.8 Å². The lowest BCUT2D eigenvalue weighted by Gasteiger charge is -2.56. The Balaban J connectivity index is 0.882. The van der Waals surface area contributed by atoms with E-state index in [2.05, 4.69) is 22.8 Å². The lowest BCUT2D eigenvalue weighted by Crippen LogP contribution is -2.61. The molecule has 0 radical (unpaired) electrons. The number of aliphatic hydroxyl groups excluding tert-OH is 1. The van der Waals surface area contributed by atoms with Crippen LogP contribution in [0.15, 0.2) is 119 Å². The van der Waals surface area contributed by atoms with E-state index in [1.165, 1.54) is 19.3 Å². The summed E-state index contributed by atoms with van der Waals surface area (Å²) in [5.41, 5.74) is 6.62. The van der Waals surface area contributed by atoms with Crippen LogP contribution in [0.2, 0.25) is 0 Å². The predicted octanol–water partition coefficient (Wildman–Crippen LogP) is 9.61. The second-order valence-electron chi connectivity index (χ2n) is 15.8. The second-order valence-corrected chi connectivity index (χ2v) is 16.8. The second kappa shape index (κ2) is 15.4. The summed E-state index contributed by atoms with van der Waals surface area (Å²) in [5, 5.41) is 16.8. The van der Waals surface area contributed by atoms with Gasteiger partial charge in [-0.3, -0.25) is 0 Å². The molecule has 3 atom stereocenters. The van der Waals surface area contributed by atoms with Crippen LogP contribution in [0, 0.1) is 17.8 Å². The summed E-state index contributed by atoms with van der Waals surface area (Å²) in [6, 6.07) is 36.2. The van der Waals surface area contributed by atoms with Gasteiger partial charge in [-0.1, -0.05) is 121 Å². The molecular formula is C45H47N3O5S. The van der Waals surface area contributed by atoms with Gasteiger partial charge >= 0.3 is 6.03 Å². The zero-order valence-electron chi connectivity index (χ0n) is 30.4. The van der Waals surface area contributed by atoms with E-state index in [1.807, 2.05) is 97.1 Å². The van der Waals surface area contributed by atoms with Crippen molar-refractivity contribution in [3.63, 3.8) is 0 Å². The lowest BCUT2D eigenvalue weighted by atomic mass is 9.53. The first-order valence-electron chi connectivity index (χ1n) is 19.4. The van der Waals surface area contributed by atoms with Crippen LogP contribution < -0.4 is 10.6 Å². The molecule has 4 aliphatic carbocycles. The van der Waals surface area contributed by atoms with Crippen LogP contribution >= 0.6 is 11.8 Å². The molecule has 2 heterocycles. The summed E-state index contributed by atoms with van der Waals surface area (Å²) in [7, 11) is 0. The number of carbonyl (C=O) groups excluding carboxylic acids is 1. The first-order chi connectivity index (χ1) is 26.5. The average Bonchev–Trinajstić information content (AvgIpc) is 3.64. The first-order valence-corrected chi connectivity index (χ1v) is 20.4. The fraction of sp³-hybridized carbons (Fsp3) is 0.378. The van der Waals surface area contributed by atoms with Gasteiger partial charge in [-0.15, -0.1) is 0 Å². The molecule has 1 saturated heterocycles. The minimum absolute atomic E-state index is 0.00593. The number of rotatable bonds is 11. The van der Waals surface area contributed by atoms with E-state index in [0.717, 1.165) is 81.9 Å². The zero-order valence-corrected chi connectivity index (χ0v) is 31.2. The maximum atomic E-state index is 13.1. The SMILES string of the molecule is O=C(NCc1ccc([C@H]2O[C@@H](CSc3nc(-c4ccccc4)c(-c4ccccc4)o3)C[C@@H](c3ccc(CO)cc3)O2)cc1)NC12CC3CC(CC(C3)C1)C2. The molecule has 10 rings (SSSR count). The number of amides is 2. The third-order valence-corrected chi connectivity index (χ3v) is 12.8. The van der Waals surface area contributed by atoms with Gasteiger partial charge < -0.3 is 29.6 Å². The van der Waals surface area contributed by atoms with E-state index in [0.29, 0.717) is 23.9 Å². The molecule has 1 aromatic heterocycles. The van der Waals surface area contributed by atoms with E-state index in [1.54, 1.807) is 11.8 Å². The number of hydrogen-bond donors (Lipinski definition) is 3. The highest BCUT2D eigenvalue weighted by atomic mass is 32.2. The van der Waals surface area contributed by atoms with Gasteiger partial charge in [0.2, 0.25) is 0 Å². The number of benzene rings is 4. The Bertz CT molecular complexity index is 1940. The fourth-order valence-corrected chi connectivity index (χ4v) is 10.5. The third-order valence-electron chi connectivity index (χ3n) is 11.8. The molecule has 8 nitrogen and oxygen atoms in total. The number of thioether (sulfide) groups is 1. The Hall–Kier alpha value is -4.41. The van der Waals surface area contributed by atoms with Gasteiger partial charge in [0.15, 0.2) is 12.1 Å². The highest BCUT2D eigenvalue weighted by Gasteiger charge is 2.51. The van der Waals surface area contributed by atoms with Gasteiger partial charge in [0.25, 0.3) is 5.22 Å². The number of aliphatic hydroxyl groups is 1. The summed E-state index contributed by atoms with van der Waals surface area (Å²) >= 11 is 1.55. The number of urea groups is 1. The summed E-state index contributed by atoms with van der Waals surface area (Å²) in [4.78, 5) is 18.1. The monoisotopic (exact) mass is 741 g/mol. The van der Waals surface area contributed by atoms with E-state index in [4.69, 9.17) is 18.9 Å². The van der Waals surface area contributed by atoms with Gasteiger partial charge in [-0.25, -0.2) is 9.78 Å². The Labute approximate surface area is 321 Å². The number of carbonyl (C=O) groups is 1. The molecule has 5 aliphatic rings. The first kappa shape index (κ1) is 35.3. The maximum absolute atomic E-state index is 13.1. The molecular weight excluding hydrogens is 695 g/mol. The van der Waals surface area contributed by atoms with Crippen molar-refractivity contribution in [3.05, 3.63) is 131 Å². The molecule has 5 fully saturated rings. The van der Waals surface area contributed by atoms with Gasteiger partial charge in [0, 0.05) is 40.9 Å². The zero-order chi connectivity index (χ0) is 36.5. The Morgan fingerprint density at radius 2 is 1.35 bits per heavy atom. The summed E-state index contributed by atoms with van der Waals surface area (Å²) in [5.74, 6) is 3.72. The molecule has 2 amide bonds. The molecule has 0 spiro atoms. The van der Waals surface area contributed by atoms with Gasteiger partial charge in [-0.2, -0.15) is 0 Å². The van der Waals surface area contributed by atoms with Crippen molar-refractivity contribution >= 4 is 17.8 Å². The van der Waals surface area contributed by atoms with Crippen LogP contribution in [0.3, 0.4) is 0 Å². The molecule has 5 aromatic rings. The van der Waals surface area contributed by atoms with Crippen LogP contribution in [0.25, 0.3) is 22.6 Å². The number of hydrogen-bond acceptors (Lipinski definition) is 7. The molecule has 4 saturated carbocycles. The van der Waals surface area contributed by atoms with Crippen LogP contribution in [0.4, 0.5) is 4.79 Å². The van der Waals surface area contributed by atoms with Crippen LogP contribution in [-0.4, -0.2) is 33.5 Å². The molecule has 9 heteroatoms. The Kier molecular flexibility index (Phi) is 10.1. The van der Waals surface area contributed by atoms with Crippen LogP contribution in [0.5, 0.6) is 0 Å². The van der Waals surface area contributed by atoms with E-state index < -0.39 is 6.29 Å². The molecule has 278 valence electrons. The summed E-state index contributed by atoms with van der Waals surface area (Å²) in [6.07, 6.45) is 7.17. The Morgan fingerprint density at radius 1 is 0.741 bits per heavy atom. The predicted molar refractivity (Wildman–Crippen MR) is 209 cm³/mol. The van der Waals surface area contributed by atoms with Crippen LogP contribution in [-0.2, 0) is 22.6 Å². The number of ether oxygens (including phenoxy) is 2. The molecule has 1 aliphatic heterocycles. The van der Waals surface area contributed by atoms with E-state index in [9.17, 15) is 9.90 Å². The van der Waals surface area contributed by atoms with Gasteiger partial charge in [0.05, 0.1) is 18.8 Å². The number of nitrogens with zero attached hydrogens (tertiary/aromatic N) is 1. The quantitative estimate of drug-likeness (QED) is 0.116. The summed E-state index contributed by atoms with van der Waals surface area (Å²) < 4.78 is 19.7. The van der Waals surface area contributed by atoms with Gasteiger partial charge in [-0.05, 0) is 73.0 Å². The minimum Gasteiger partial charge on any atom is -0.431 e. The van der Waals surface area contributed by atoms with E-state index >= 15 is 0 Å². The van der Waals surface area contributed by atoms with E-state index in [-0.39, 0.29) is 30.4 Å². The standard InChI is InChI=1S/C45H47N3O5S/c49-27-30-13-15-34(16-14-30)39-22-38(28-54-44-47-40(35-7-3-1-4-8-35)41(53-44)36-9-5-2-6-10-36)51-42(52-39)37-17-11-29(12-18-37)26-46-43(50)48-45-23-31-19-32(24-45)21-33(20-31)25-45/h1-18,31-33,38-39,42,49H,19-28H2,(H2,46,48,50)/t31?,32?,33?,38-,39+,42+,45?/m1/s1. The minimum atomic E-state index is -0.586. The molecule has 4 bridgehead atoms. The molecule has 0 unspecified atom stereocenters.